The Balaban J connectivity index is -0.0000000245. The summed E-state index contributed by atoms with van der Waals surface area (Å²) < 4.78 is 0. The van der Waals surface area contributed by atoms with Crippen LogP contribution < -0.4 is 0 Å². The first kappa shape index (κ1) is 49.6. The van der Waals surface area contributed by atoms with Gasteiger partial charge in [-0.15, -0.1) is 0 Å². The van der Waals surface area contributed by atoms with Crippen LogP contribution in [0.15, 0.2) is 0 Å². The standard InChI is InChI=1S/Ce.La.6NO3/c;;6*2-1(3)4/q2*+3;6*-1. The van der Waals surface area contributed by atoms with Crippen molar-refractivity contribution in [1.82, 2.24) is 0 Å². The molecule has 0 aromatic heterocycles. The predicted octanol–water partition coefficient (Wildman–Crippen LogP) is -1.43. The third-order valence-corrected chi connectivity index (χ3v) is 0. The molecule has 0 saturated heterocycles. The Hall–Kier alpha value is -2.23. The summed E-state index contributed by atoms with van der Waals surface area (Å²) in [5.41, 5.74) is 0. The normalized spacial score (nSPS) is 5.54. The van der Waals surface area contributed by atoms with Crippen LogP contribution in [0.25, 0.3) is 0 Å². The molecule has 0 fully saturated rings. The van der Waals surface area contributed by atoms with Crippen molar-refractivity contribution in [2.75, 3.05) is 0 Å². The van der Waals surface area contributed by atoms with Crippen LogP contribution in [0.3, 0.4) is 0 Å². The fourth-order valence-electron chi connectivity index (χ4n) is 0. The molecule has 0 atom stereocenters. The molecule has 0 aliphatic heterocycles. The Morgan fingerprint density at radius 3 is 0.308 bits per heavy atom. The van der Waals surface area contributed by atoms with Crippen LogP contribution in [0.2, 0.25) is 0 Å². The average Bonchev–Trinajstić information content (AvgIpc) is 2.08. The van der Waals surface area contributed by atoms with Crippen molar-refractivity contribution < 1.29 is 108 Å². The van der Waals surface area contributed by atoms with E-state index in [2.05, 4.69) is 0 Å². The zero-order valence-electron chi connectivity index (χ0n) is 11.1. The van der Waals surface area contributed by atoms with Gasteiger partial charge in [0.15, 0.2) is 0 Å². The third-order valence-electron chi connectivity index (χ3n) is 0. The van der Waals surface area contributed by atoms with Gasteiger partial charge in [-0.05, 0) is 0 Å². The second kappa shape index (κ2) is 43.4. The molecule has 0 amide bonds. The van der Waals surface area contributed by atoms with Crippen LogP contribution in [0, 0.1) is 169 Å². The minimum Gasteiger partial charge on any atom is -0.356 e. The van der Waals surface area contributed by atoms with E-state index in [0.29, 0.717) is 0 Å². The van der Waals surface area contributed by atoms with Gasteiger partial charge in [-0.3, -0.25) is 0 Å². The second-order valence-electron chi connectivity index (χ2n) is 1.34. The number of hydrogen-bond donors (Lipinski definition) is 0. The maximum Gasteiger partial charge on any atom is 3.00 e. The molecule has 24 nitrogen and oxygen atoms in total. The molecule has 1 radical (unpaired) electrons. The van der Waals surface area contributed by atoms with Gasteiger partial charge in [0.1, 0.15) is 0 Å². The van der Waals surface area contributed by atoms with Crippen LogP contribution in [-0.4, -0.2) is 30.5 Å². The van der Waals surface area contributed by atoms with E-state index in [1.807, 2.05) is 0 Å². The van der Waals surface area contributed by atoms with Gasteiger partial charge in [-0.1, -0.05) is 0 Å². The second-order valence-corrected chi connectivity index (χ2v) is 1.34. The monoisotopic (exact) mass is 651 g/mol. The Labute approximate surface area is 198 Å². The van der Waals surface area contributed by atoms with Crippen molar-refractivity contribution in [3.8, 4) is 0 Å². The van der Waals surface area contributed by atoms with Gasteiger partial charge in [0.05, 0.1) is 30.5 Å². The van der Waals surface area contributed by atoms with Gasteiger partial charge < -0.3 is 91.9 Å². The van der Waals surface area contributed by atoms with Gasteiger partial charge in [0.2, 0.25) is 0 Å². The van der Waals surface area contributed by atoms with E-state index >= 15 is 0 Å². The molecule has 0 spiro atoms. The van der Waals surface area contributed by atoms with E-state index < -0.39 is 30.5 Å². The Morgan fingerprint density at radius 1 is 0.308 bits per heavy atom. The van der Waals surface area contributed by atoms with Gasteiger partial charge >= 0.3 is 77.3 Å². The van der Waals surface area contributed by atoms with Crippen LogP contribution in [0.1, 0.15) is 0 Å². The summed E-state index contributed by atoms with van der Waals surface area (Å²) in [4.78, 5) is 49.5. The first-order valence-electron chi connectivity index (χ1n) is 3.29. The number of rotatable bonds is 0. The van der Waals surface area contributed by atoms with Crippen molar-refractivity contribution in [2.24, 2.45) is 0 Å². The van der Waals surface area contributed by atoms with E-state index in [1.54, 1.807) is 0 Å². The molecule has 0 rings (SSSR count). The summed E-state index contributed by atoms with van der Waals surface area (Å²) in [7, 11) is 0. The maximum atomic E-state index is 8.25. The minimum absolute atomic E-state index is 0. The average molecular weight is 651 g/mol. The number of nitrogens with zero attached hydrogens (tertiary/aromatic N) is 6. The fraction of sp³-hybridized carbons (Fsp3) is 0. The molecule has 0 aliphatic rings. The molecule has 26 heavy (non-hydrogen) atoms. The van der Waals surface area contributed by atoms with Crippen LogP contribution in [0.4, 0.5) is 0 Å². The molecule has 0 heterocycles. The largest absolute Gasteiger partial charge is 3.00 e. The van der Waals surface area contributed by atoms with Gasteiger partial charge in [-0.2, -0.15) is 0 Å². The van der Waals surface area contributed by atoms with Crippen molar-refractivity contribution in [3.63, 3.8) is 0 Å². The Bertz CT molecular complexity index is 263. The first-order chi connectivity index (χ1) is 10.4. The van der Waals surface area contributed by atoms with Gasteiger partial charge in [0, 0.05) is 0 Å². The van der Waals surface area contributed by atoms with E-state index in [9.17, 15) is 0 Å². The SMILES string of the molecule is O=[N+]([O-])[O-].O=[N+]([O-])[O-].O=[N+]([O-])[O-].O=[N+]([O-])[O-].O=[N+]([O-])[O-].O=[N+]([O-])[O-].[Ce+3].[La+3]. The van der Waals surface area contributed by atoms with Crippen LogP contribution in [-0.2, 0) is 0 Å². The summed E-state index contributed by atoms with van der Waals surface area (Å²) >= 11 is 0. The summed E-state index contributed by atoms with van der Waals surface area (Å²) in [6.07, 6.45) is 0. The molecule has 0 aromatic rings. The predicted molar refractivity (Wildman–Crippen MR) is 62.2 cm³/mol. The Morgan fingerprint density at radius 2 is 0.308 bits per heavy atom. The summed E-state index contributed by atoms with van der Waals surface area (Å²) in [6.45, 7) is 0. The quantitative estimate of drug-likeness (QED) is 0.214. The molecule has 0 aromatic carbocycles. The van der Waals surface area contributed by atoms with Crippen molar-refractivity contribution in [2.45, 2.75) is 0 Å². The first-order valence-corrected chi connectivity index (χ1v) is 3.29. The molecule has 0 unspecified atom stereocenters. The molecule has 26 heteroatoms. The third kappa shape index (κ3) is 1890. The minimum atomic E-state index is -1.75. The zero-order valence-corrected chi connectivity index (χ0v) is 17.9. The molecular formula is CeLaN6O18. The van der Waals surface area contributed by atoms with E-state index in [4.69, 9.17) is 91.9 Å². The topological polar surface area (TPSA) is 397 Å². The van der Waals surface area contributed by atoms with Gasteiger partial charge in [0.25, 0.3) is 0 Å². The van der Waals surface area contributed by atoms with E-state index in [1.165, 1.54) is 0 Å². The number of hydrogen-bond acceptors (Lipinski definition) is 18. The van der Waals surface area contributed by atoms with Crippen LogP contribution in [0.5, 0.6) is 0 Å². The van der Waals surface area contributed by atoms with Crippen molar-refractivity contribution in [3.05, 3.63) is 91.9 Å². The summed E-state index contributed by atoms with van der Waals surface area (Å²) in [5, 5.41) is 88.5. The molecule has 0 N–H and O–H groups in total. The Kier molecular flexibility index (Phi) is 82.7. The molecule has 0 saturated carbocycles. The maximum absolute atomic E-state index is 8.25. The van der Waals surface area contributed by atoms with Gasteiger partial charge in [-0.25, -0.2) is 0 Å². The van der Waals surface area contributed by atoms with Crippen molar-refractivity contribution >= 4 is 0 Å². The summed E-state index contributed by atoms with van der Waals surface area (Å²) in [6, 6.07) is 0. The van der Waals surface area contributed by atoms with E-state index in [0.717, 1.165) is 0 Å². The fourth-order valence-corrected chi connectivity index (χ4v) is 0. The van der Waals surface area contributed by atoms with Crippen LogP contribution >= 0.6 is 0 Å². The molecule has 0 bridgehead atoms. The smallest absolute Gasteiger partial charge is 0.356 e. The van der Waals surface area contributed by atoms with E-state index in [-0.39, 0.29) is 77.3 Å². The molecule has 0 aliphatic carbocycles. The summed E-state index contributed by atoms with van der Waals surface area (Å²) in [5.74, 6) is 0. The molecule has 145 valence electrons. The molecular weight excluding hydrogens is 651 g/mol. The van der Waals surface area contributed by atoms with Crippen molar-refractivity contribution in [1.29, 1.82) is 0 Å². The zero-order chi connectivity index (χ0) is 21.5.